The molecule has 100 valence electrons. The maximum absolute atomic E-state index is 11.2. The van der Waals surface area contributed by atoms with Gasteiger partial charge in [0, 0.05) is 11.3 Å². The lowest BCUT2D eigenvalue weighted by Gasteiger charge is -2.04. The second-order valence-corrected chi connectivity index (χ2v) is 5.30. The number of hydrogen-bond donors (Lipinski definition) is 0. The summed E-state index contributed by atoms with van der Waals surface area (Å²) in [6.07, 6.45) is 3.17. The Bertz CT molecular complexity index is 503. The first-order chi connectivity index (χ1) is 9.19. The number of hydrogen-bond acceptors (Lipinski definition) is 4. The van der Waals surface area contributed by atoms with Gasteiger partial charge in [-0.05, 0) is 42.7 Å². The molecule has 2 rings (SSSR count). The standard InChI is InChI=1S/C15H16O3S/c1-2-18-15(17)10-19-14-7-4-11(5-8-14)12-3-6-13(16)9-12/h4-5,7-9H,2-3,6,10H2,1H3. The highest BCUT2D eigenvalue weighted by molar-refractivity contribution is 8.00. The van der Waals surface area contributed by atoms with Crippen LogP contribution in [-0.4, -0.2) is 24.1 Å². The predicted octanol–water partition coefficient (Wildman–Crippen LogP) is 3.09. The first-order valence-electron chi connectivity index (χ1n) is 6.31. The number of carbonyl (C=O) groups excluding carboxylic acids is 2. The third kappa shape index (κ3) is 3.96. The number of esters is 1. The van der Waals surface area contributed by atoms with E-state index in [1.807, 2.05) is 24.3 Å². The molecule has 3 nitrogen and oxygen atoms in total. The van der Waals surface area contributed by atoms with Crippen molar-refractivity contribution in [3.63, 3.8) is 0 Å². The molecule has 1 aliphatic rings. The minimum Gasteiger partial charge on any atom is -0.465 e. The van der Waals surface area contributed by atoms with Crippen molar-refractivity contribution in [2.24, 2.45) is 0 Å². The zero-order chi connectivity index (χ0) is 13.7. The van der Waals surface area contributed by atoms with Crippen molar-refractivity contribution in [3.05, 3.63) is 35.9 Å². The molecule has 0 amide bonds. The second-order valence-electron chi connectivity index (χ2n) is 4.25. The summed E-state index contributed by atoms with van der Waals surface area (Å²) in [6, 6.07) is 7.95. The van der Waals surface area contributed by atoms with Crippen molar-refractivity contribution < 1.29 is 14.3 Å². The fourth-order valence-corrected chi connectivity index (χ4v) is 2.63. The Morgan fingerprint density at radius 1 is 1.26 bits per heavy atom. The van der Waals surface area contributed by atoms with Gasteiger partial charge >= 0.3 is 5.97 Å². The zero-order valence-electron chi connectivity index (χ0n) is 10.8. The highest BCUT2D eigenvalue weighted by atomic mass is 32.2. The highest BCUT2D eigenvalue weighted by Crippen LogP contribution is 2.27. The summed E-state index contributed by atoms with van der Waals surface area (Å²) >= 11 is 1.46. The molecule has 0 saturated heterocycles. The van der Waals surface area contributed by atoms with E-state index in [1.54, 1.807) is 13.0 Å². The van der Waals surface area contributed by atoms with Crippen molar-refractivity contribution in [1.82, 2.24) is 0 Å². The molecule has 0 heterocycles. The summed E-state index contributed by atoms with van der Waals surface area (Å²) in [5.74, 6) is 0.338. The molecular formula is C15H16O3S. The SMILES string of the molecule is CCOC(=O)CSc1ccc(C2=CC(=O)CC2)cc1. The summed E-state index contributed by atoms with van der Waals surface area (Å²) in [5.41, 5.74) is 2.19. The van der Waals surface area contributed by atoms with Crippen LogP contribution < -0.4 is 0 Å². The molecule has 0 atom stereocenters. The van der Waals surface area contributed by atoms with Crippen LogP contribution in [0.2, 0.25) is 0 Å². The number of thioether (sulfide) groups is 1. The topological polar surface area (TPSA) is 43.4 Å². The molecule has 1 aromatic carbocycles. The zero-order valence-corrected chi connectivity index (χ0v) is 11.7. The monoisotopic (exact) mass is 276 g/mol. The first-order valence-corrected chi connectivity index (χ1v) is 7.30. The summed E-state index contributed by atoms with van der Waals surface area (Å²) in [7, 11) is 0. The molecule has 0 spiro atoms. The Morgan fingerprint density at radius 3 is 2.58 bits per heavy atom. The van der Waals surface area contributed by atoms with Crippen LogP contribution in [0.3, 0.4) is 0 Å². The maximum atomic E-state index is 11.2. The molecule has 0 N–H and O–H groups in total. The number of ether oxygens (including phenoxy) is 1. The molecule has 0 fully saturated rings. The number of ketones is 1. The number of benzene rings is 1. The van der Waals surface area contributed by atoms with Gasteiger partial charge in [-0.1, -0.05) is 12.1 Å². The van der Waals surface area contributed by atoms with E-state index in [4.69, 9.17) is 4.74 Å². The predicted molar refractivity (Wildman–Crippen MR) is 76.0 cm³/mol. The van der Waals surface area contributed by atoms with Gasteiger partial charge in [0.1, 0.15) is 0 Å². The summed E-state index contributed by atoms with van der Waals surface area (Å²) in [4.78, 5) is 23.5. The Morgan fingerprint density at radius 2 is 2.00 bits per heavy atom. The maximum Gasteiger partial charge on any atom is 0.316 e. The summed E-state index contributed by atoms with van der Waals surface area (Å²) in [5, 5.41) is 0. The third-order valence-electron chi connectivity index (χ3n) is 2.86. The van der Waals surface area contributed by atoms with E-state index in [0.717, 1.165) is 22.5 Å². The van der Waals surface area contributed by atoms with E-state index in [2.05, 4.69) is 0 Å². The molecule has 0 bridgehead atoms. The second kappa shape index (κ2) is 6.57. The van der Waals surface area contributed by atoms with Crippen LogP contribution in [0.4, 0.5) is 0 Å². The molecule has 0 aromatic heterocycles. The fourth-order valence-electron chi connectivity index (χ4n) is 1.93. The van der Waals surface area contributed by atoms with Crippen molar-refractivity contribution >= 4 is 29.1 Å². The Kier molecular flexibility index (Phi) is 4.80. The number of allylic oxidation sites excluding steroid dienone is 2. The van der Waals surface area contributed by atoms with Crippen molar-refractivity contribution in [3.8, 4) is 0 Å². The molecule has 1 aliphatic carbocycles. The Hall–Kier alpha value is -1.55. The molecule has 4 heteroatoms. The van der Waals surface area contributed by atoms with Crippen LogP contribution in [0.5, 0.6) is 0 Å². The van der Waals surface area contributed by atoms with Crippen molar-refractivity contribution in [2.75, 3.05) is 12.4 Å². The molecule has 0 unspecified atom stereocenters. The smallest absolute Gasteiger partial charge is 0.316 e. The normalized spacial score (nSPS) is 14.4. The number of rotatable bonds is 5. The van der Waals surface area contributed by atoms with Gasteiger partial charge in [0.15, 0.2) is 5.78 Å². The van der Waals surface area contributed by atoms with Gasteiger partial charge in [-0.3, -0.25) is 9.59 Å². The van der Waals surface area contributed by atoms with Crippen LogP contribution in [0.25, 0.3) is 5.57 Å². The average molecular weight is 276 g/mol. The van der Waals surface area contributed by atoms with Gasteiger partial charge in [-0.2, -0.15) is 0 Å². The van der Waals surface area contributed by atoms with Crippen LogP contribution >= 0.6 is 11.8 Å². The van der Waals surface area contributed by atoms with Gasteiger partial charge in [-0.25, -0.2) is 0 Å². The van der Waals surface area contributed by atoms with Crippen molar-refractivity contribution in [2.45, 2.75) is 24.7 Å². The molecular weight excluding hydrogens is 260 g/mol. The van der Waals surface area contributed by atoms with Gasteiger partial charge in [-0.15, -0.1) is 11.8 Å². The lowest BCUT2D eigenvalue weighted by Crippen LogP contribution is -2.06. The summed E-state index contributed by atoms with van der Waals surface area (Å²) in [6.45, 7) is 2.22. The van der Waals surface area contributed by atoms with E-state index in [1.165, 1.54) is 11.8 Å². The van der Waals surface area contributed by atoms with E-state index < -0.39 is 0 Å². The van der Waals surface area contributed by atoms with E-state index in [-0.39, 0.29) is 11.8 Å². The first kappa shape index (κ1) is 13.9. The van der Waals surface area contributed by atoms with Gasteiger partial charge in [0.25, 0.3) is 0 Å². The van der Waals surface area contributed by atoms with E-state index in [0.29, 0.717) is 18.8 Å². The molecule has 1 aromatic rings. The van der Waals surface area contributed by atoms with Crippen molar-refractivity contribution in [1.29, 1.82) is 0 Å². The molecule has 0 aliphatic heterocycles. The van der Waals surface area contributed by atoms with E-state index >= 15 is 0 Å². The fraction of sp³-hybridized carbons (Fsp3) is 0.333. The van der Waals surface area contributed by atoms with E-state index in [9.17, 15) is 9.59 Å². The Labute approximate surface area is 117 Å². The van der Waals surface area contributed by atoms with Crippen LogP contribution in [-0.2, 0) is 14.3 Å². The number of carbonyl (C=O) groups is 2. The van der Waals surface area contributed by atoms with Crippen LogP contribution in [0, 0.1) is 0 Å². The van der Waals surface area contributed by atoms with Crippen LogP contribution in [0.15, 0.2) is 35.2 Å². The molecule has 0 radical (unpaired) electrons. The highest BCUT2D eigenvalue weighted by Gasteiger charge is 2.13. The Balaban J connectivity index is 1.93. The molecule has 19 heavy (non-hydrogen) atoms. The van der Waals surface area contributed by atoms with Gasteiger partial charge < -0.3 is 4.74 Å². The lowest BCUT2D eigenvalue weighted by molar-refractivity contribution is -0.139. The quantitative estimate of drug-likeness (QED) is 0.612. The largest absolute Gasteiger partial charge is 0.465 e. The average Bonchev–Trinajstić information content (AvgIpc) is 2.84. The minimum absolute atomic E-state index is 0.194. The third-order valence-corrected chi connectivity index (χ3v) is 3.85. The van der Waals surface area contributed by atoms with Gasteiger partial charge in [0.05, 0.1) is 12.4 Å². The molecule has 0 saturated carbocycles. The van der Waals surface area contributed by atoms with Crippen LogP contribution in [0.1, 0.15) is 25.3 Å². The lowest BCUT2D eigenvalue weighted by atomic mass is 10.1. The minimum atomic E-state index is -0.194. The van der Waals surface area contributed by atoms with Gasteiger partial charge in [0.2, 0.25) is 0 Å². The summed E-state index contributed by atoms with van der Waals surface area (Å²) < 4.78 is 4.87.